The molecule has 0 aliphatic carbocycles. The molecule has 0 bridgehead atoms. The summed E-state index contributed by atoms with van der Waals surface area (Å²) < 4.78 is 33.8. The maximum absolute atomic E-state index is 12.4. The van der Waals surface area contributed by atoms with Crippen molar-refractivity contribution in [3.05, 3.63) is 30.0 Å². The predicted octanol–water partition coefficient (Wildman–Crippen LogP) is 1.12. The third-order valence-electron chi connectivity index (χ3n) is 2.72. The van der Waals surface area contributed by atoms with Gasteiger partial charge in [-0.15, -0.1) is 0 Å². The Morgan fingerprint density at radius 1 is 1.35 bits per heavy atom. The van der Waals surface area contributed by atoms with E-state index in [-0.39, 0.29) is 10.6 Å². The first-order chi connectivity index (χ1) is 9.33. The van der Waals surface area contributed by atoms with Crippen molar-refractivity contribution in [3.8, 4) is 5.75 Å². The van der Waals surface area contributed by atoms with Gasteiger partial charge in [0.05, 0.1) is 12.8 Å². The van der Waals surface area contributed by atoms with Gasteiger partial charge in [0, 0.05) is 24.9 Å². The van der Waals surface area contributed by atoms with E-state index in [0.717, 1.165) is 5.69 Å². The molecule has 8 heteroatoms. The predicted molar refractivity (Wildman–Crippen MR) is 76.2 cm³/mol. The summed E-state index contributed by atoms with van der Waals surface area (Å²) in [7, 11) is -0.725. The maximum Gasteiger partial charge on any atom is 0.266 e. The van der Waals surface area contributed by atoms with E-state index in [1.807, 2.05) is 0 Å². The van der Waals surface area contributed by atoms with E-state index in [1.54, 1.807) is 20.0 Å². The molecule has 0 fully saturated rings. The molecule has 0 radical (unpaired) electrons. The van der Waals surface area contributed by atoms with E-state index in [2.05, 4.69) is 9.82 Å². The molecule has 3 N–H and O–H groups in total. The Bertz CT molecular complexity index is 737. The van der Waals surface area contributed by atoms with Crippen LogP contribution in [-0.2, 0) is 17.1 Å². The van der Waals surface area contributed by atoms with Crippen molar-refractivity contribution in [1.29, 1.82) is 0 Å². The summed E-state index contributed by atoms with van der Waals surface area (Å²) >= 11 is 0. The van der Waals surface area contributed by atoms with Gasteiger partial charge in [-0.05, 0) is 19.1 Å². The number of hydrogen-bond acceptors (Lipinski definition) is 5. The van der Waals surface area contributed by atoms with Crippen LogP contribution in [0.2, 0.25) is 0 Å². The molecular formula is C12H16N4O3S. The van der Waals surface area contributed by atoms with E-state index >= 15 is 0 Å². The molecule has 0 saturated heterocycles. The first-order valence-electron chi connectivity index (χ1n) is 5.80. The topological polar surface area (TPSA) is 99.2 Å². The van der Waals surface area contributed by atoms with Crippen molar-refractivity contribution >= 4 is 21.5 Å². The van der Waals surface area contributed by atoms with Crippen LogP contribution in [0, 0.1) is 6.92 Å². The van der Waals surface area contributed by atoms with Gasteiger partial charge in [0.25, 0.3) is 10.0 Å². The highest BCUT2D eigenvalue weighted by Crippen LogP contribution is 2.27. The van der Waals surface area contributed by atoms with Crippen LogP contribution in [0.3, 0.4) is 0 Å². The Morgan fingerprint density at radius 3 is 2.60 bits per heavy atom. The number of nitrogens with zero attached hydrogens (tertiary/aromatic N) is 2. The average molecular weight is 296 g/mol. The van der Waals surface area contributed by atoms with Gasteiger partial charge in [0.15, 0.2) is 0 Å². The van der Waals surface area contributed by atoms with Gasteiger partial charge < -0.3 is 10.5 Å². The molecule has 0 spiro atoms. The van der Waals surface area contributed by atoms with Crippen molar-refractivity contribution in [2.45, 2.75) is 11.8 Å². The molecule has 2 rings (SSSR count). The van der Waals surface area contributed by atoms with Crippen LogP contribution < -0.4 is 15.2 Å². The standard InChI is InChI=1S/C12H16N4O3S/c1-8-6-12(16(2)14-8)15-20(17,18)11-5-4-9(13)7-10(11)19-3/h4-7,15H,13H2,1-3H3. The number of hydrogen-bond donors (Lipinski definition) is 2. The third-order valence-corrected chi connectivity index (χ3v) is 4.11. The molecule has 0 amide bonds. The first kappa shape index (κ1) is 14.2. The minimum Gasteiger partial charge on any atom is -0.495 e. The molecule has 1 aromatic heterocycles. The molecule has 20 heavy (non-hydrogen) atoms. The number of methoxy groups -OCH3 is 1. The van der Waals surface area contributed by atoms with Crippen LogP contribution in [0.15, 0.2) is 29.2 Å². The molecule has 0 aliphatic rings. The number of rotatable bonds is 4. The van der Waals surface area contributed by atoms with Crippen LogP contribution >= 0.6 is 0 Å². The zero-order chi connectivity index (χ0) is 14.9. The van der Waals surface area contributed by atoms with Crippen molar-refractivity contribution in [2.75, 3.05) is 17.6 Å². The molecule has 1 aromatic carbocycles. The second kappa shape index (κ2) is 5.04. The highest BCUT2D eigenvalue weighted by atomic mass is 32.2. The van der Waals surface area contributed by atoms with E-state index in [0.29, 0.717) is 11.5 Å². The SMILES string of the molecule is COc1cc(N)ccc1S(=O)(=O)Nc1cc(C)nn1C. The summed E-state index contributed by atoms with van der Waals surface area (Å²) in [4.78, 5) is 0.0213. The largest absolute Gasteiger partial charge is 0.495 e. The van der Waals surface area contributed by atoms with Gasteiger partial charge in [-0.2, -0.15) is 5.10 Å². The van der Waals surface area contributed by atoms with Crippen molar-refractivity contribution in [2.24, 2.45) is 7.05 Å². The van der Waals surface area contributed by atoms with Crippen LogP contribution in [0.1, 0.15) is 5.69 Å². The quantitative estimate of drug-likeness (QED) is 0.824. The molecule has 108 valence electrons. The number of nitrogens with one attached hydrogen (secondary N) is 1. The molecule has 2 aromatic rings. The van der Waals surface area contributed by atoms with Crippen LogP contribution in [0.4, 0.5) is 11.5 Å². The Kier molecular flexibility index (Phi) is 3.58. The molecule has 1 heterocycles. The molecular weight excluding hydrogens is 280 g/mol. The number of benzene rings is 1. The summed E-state index contributed by atoms with van der Waals surface area (Å²) in [5.74, 6) is 0.567. The van der Waals surface area contributed by atoms with E-state index in [1.165, 1.54) is 30.0 Å². The van der Waals surface area contributed by atoms with Gasteiger partial charge >= 0.3 is 0 Å². The first-order valence-corrected chi connectivity index (χ1v) is 7.29. The number of nitrogens with two attached hydrogens (primary N) is 1. The third kappa shape index (κ3) is 2.69. The fourth-order valence-corrected chi connectivity index (χ4v) is 3.04. The van der Waals surface area contributed by atoms with Crippen molar-refractivity contribution < 1.29 is 13.2 Å². The lowest BCUT2D eigenvalue weighted by Crippen LogP contribution is -2.16. The van der Waals surface area contributed by atoms with E-state index in [9.17, 15) is 8.42 Å². The highest BCUT2D eigenvalue weighted by Gasteiger charge is 2.21. The van der Waals surface area contributed by atoms with E-state index in [4.69, 9.17) is 10.5 Å². The number of aromatic nitrogens is 2. The fourth-order valence-electron chi connectivity index (χ4n) is 1.80. The van der Waals surface area contributed by atoms with Crippen molar-refractivity contribution in [1.82, 2.24) is 9.78 Å². The molecule has 7 nitrogen and oxygen atoms in total. The normalized spacial score (nSPS) is 11.3. The summed E-state index contributed by atoms with van der Waals surface area (Å²) in [5.41, 5.74) is 6.76. The summed E-state index contributed by atoms with van der Waals surface area (Å²) in [6.45, 7) is 1.78. The van der Waals surface area contributed by atoms with Gasteiger partial charge in [0.1, 0.15) is 16.5 Å². The number of ether oxygens (including phenoxy) is 1. The van der Waals surface area contributed by atoms with Crippen LogP contribution in [0.25, 0.3) is 0 Å². The Hall–Kier alpha value is -2.22. The molecule has 0 unspecified atom stereocenters. The maximum atomic E-state index is 12.4. The highest BCUT2D eigenvalue weighted by molar-refractivity contribution is 7.92. The second-order valence-corrected chi connectivity index (χ2v) is 5.96. The number of nitrogen functional groups attached to an aromatic ring is 1. The fraction of sp³-hybridized carbons (Fsp3) is 0.250. The zero-order valence-corrected chi connectivity index (χ0v) is 12.2. The Labute approximate surface area is 117 Å². The molecule has 0 saturated carbocycles. The zero-order valence-electron chi connectivity index (χ0n) is 11.4. The second-order valence-electron chi connectivity index (χ2n) is 4.31. The minimum absolute atomic E-state index is 0.0213. The van der Waals surface area contributed by atoms with E-state index < -0.39 is 10.0 Å². The molecule has 0 atom stereocenters. The monoisotopic (exact) mass is 296 g/mol. The smallest absolute Gasteiger partial charge is 0.266 e. The lowest BCUT2D eigenvalue weighted by Gasteiger charge is -2.11. The Balaban J connectivity index is 2.43. The summed E-state index contributed by atoms with van der Waals surface area (Å²) in [5, 5.41) is 4.08. The number of sulfonamides is 1. The van der Waals surface area contributed by atoms with Crippen molar-refractivity contribution in [3.63, 3.8) is 0 Å². The average Bonchev–Trinajstić information content (AvgIpc) is 2.66. The summed E-state index contributed by atoms with van der Waals surface area (Å²) in [6, 6.07) is 6.01. The number of aryl methyl sites for hydroxylation is 2. The van der Waals surface area contributed by atoms with Gasteiger partial charge in [-0.25, -0.2) is 8.42 Å². The Morgan fingerprint density at radius 2 is 2.05 bits per heavy atom. The molecule has 0 aliphatic heterocycles. The van der Waals surface area contributed by atoms with Crippen LogP contribution in [-0.4, -0.2) is 25.3 Å². The summed E-state index contributed by atoms with van der Waals surface area (Å²) in [6.07, 6.45) is 0. The number of anilines is 2. The lowest BCUT2D eigenvalue weighted by atomic mass is 10.3. The minimum atomic E-state index is -3.77. The lowest BCUT2D eigenvalue weighted by molar-refractivity contribution is 0.403. The van der Waals surface area contributed by atoms with Gasteiger partial charge in [-0.1, -0.05) is 0 Å². The van der Waals surface area contributed by atoms with Gasteiger partial charge in [0.2, 0.25) is 0 Å². The van der Waals surface area contributed by atoms with Crippen LogP contribution in [0.5, 0.6) is 5.75 Å². The van der Waals surface area contributed by atoms with Gasteiger partial charge in [-0.3, -0.25) is 9.40 Å².